The summed E-state index contributed by atoms with van der Waals surface area (Å²) in [5, 5.41) is 11.6. The predicted octanol–water partition coefficient (Wildman–Crippen LogP) is 4.66. The number of aromatic nitrogens is 2. The number of hydrogen-bond donors (Lipinski definition) is 1. The molecule has 2 aromatic heterocycles. The van der Waals surface area contributed by atoms with Gasteiger partial charge >= 0.3 is 0 Å². The largest absolute Gasteiger partial charge is 0.339 e. The first kappa shape index (κ1) is 11.8. The number of benzene rings is 1. The molecule has 0 aliphatic carbocycles. The summed E-state index contributed by atoms with van der Waals surface area (Å²) in [6.07, 6.45) is 1.62. The number of nitrogens with zero attached hydrogens (tertiary/aromatic N) is 2. The molecule has 0 unspecified atom stereocenters. The minimum atomic E-state index is 0.405. The zero-order valence-electron chi connectivity index (χ0n) is 8.76. The molecule has 3 nitrogen and oxygen atoms in total. The van der Waals surface area contributed by atoms with Crippen molar-refractivity contribution >= 4 is 61.1 Å². The number of fused-ring (bicyclic) bond motifs is 3. The van der Waals surface area contributed by atoms with Gasteiger partial charge in [0.2, 0.25) is 0 Å². The van der Waals surface area contributed by atoms with Crippen molar-refractivity contribution in [2.45, 2.75) is 0 Å². The number of rotatable bonds is 0. The summed E-state index contributed by atoms with van der Waals surface area (Å²) < 4.78 is 0.682. The first-order chi connectivity index (χ1) is 8.63. The van der Waals surface area contributed by atoms with Crippen molar-refractivity contribution < 1.29 is 0 Å². The molecule has 0 fully saturated rings. The van der Waals surface area contributed by atoms with Gasteiger partial charge in [-0.3, -0.25) is 0 Å². The Hall–Kier alpha value is -1.28. The van der Waals surface area contributed by atoms with E-state index in [4.69, 9.17) is 23.2 Å². The molecule has 0 aliphatic rings. The fourth-order valence-corrected chi connectivity index (χ4v) is 2.70. The second kappa shape index (κ2) is 4.13. The Morgan fingerprint density at radius 1 is 1.28 bits per heavy atom. The van der Waals surface area contributed by atoms with E-state index in [1.165, 1.54) is 0 Å². The molecule has 0 atom stereocenters. The number of pyridine rings is 1. The van der Waals surface area contributed by atoms with Crippen LogP contribution in [0.15, 0.2) is 22.8 Å². The molecule has 3 rings (SSSR count). The maximum Gasteiger partial charge on any atom is 0.139 e. The van der Waals surface area contributed by atoms with Crippen LogP contribution in [0.25, 0.3) is 21.9 Å². The lowest BCUT2D eigenvalue weighted by molar-refractivity contribution is 1.33. The molecule has 3 aromatic rings. The first-order valence-corrected chi connectivity index (χ1v) is 6.52. The Labute approximate surface area is 120 Å². The standard InChI is InChI=1S/C12H4BrCl2N3/c13-6-4-17-12-10(11(6)15)9-5(3-16)7(14)1-2-8(9)18-12/h1-2,4H,(H,17,18). The highest BCUT2D eigenvalue weighted by Gasteiger charge is 2.16. The Morgan fingerprint density at radius 2 is 2.06 bits per heavy atom. The van der Waals surface area contributed by atoms with Crippen LogP contribution in [0, 0.1) is 11.3 Å². The zero-order valence-corrected chi connectivity index (χ0v) is 11.9. The van der Waals surface area contributed by atoms with Gasteiger partial charge in [0.15, 0.2) is 0 Å². The van der Waals surface area contributed by atoms with Crippen LogP contribution >= 0.6 is 39.1 Å². The van der Waals surface area contributed by atoms with Crippen molar-refractivity contribution in [3.8, 4) is 6.07 Å². The summed E-state index contributed by atoms with van der Waals surface area (Å²) in [5.74, 6) is 0. The van der Waals surface area contributed by atoms with E-state index in [-0.39, 0.29) is 0 Å². The fraction of sp³-hybridized carbons (Fsp3) is 0. The van der Waals surface area contributed by atoms with Gasteiger partial charge in [-0.2, -0.15) is 5.26 Å². The zero-order chi connectivity index (χ0) is 12.9. The normalized spacial score (nSPS) is 11.0. The van der Waals surface area contributed by atoms with E-state index in [0.717, 1.165) is 5.52 Å². The van der Waals surface area contributed by atoms with E-state index in [2.05, 4.69) is 32.0 Å². The third kappa shape index (κ3) is 1.52. The van der Waals surface area contributed by atoms with Gasteiger partial charge in [0.25, 0.3) is 0 Å². The van der Waals surface area contributed by atoms with E-state index in [0.29, 0.717) is 36.5 Å². The van der Waals surface area contributed by atoms with Gasteiger partial charge in [-0.1, -0.05) is 23.2 Å². The number of nitriles is 1. The van der Waals surface area contributed by atoms with E-state index in [9.17, 15) is 5.26 Å². The van der Waals surface area contributed by atoms with Crippen LogP contribution in [-0.2, 0) is 0 Å². The number of hydrogen-bond acceptors (Lipinski definition) is 2. The summed E-state index contributed by atoms with van der Waals surface area (Å²) in [6.45, 7) is 0. The third-order valence-electron chi connectivity index (χ3n) is 2.74. The quantitative estimate of drug-likeness (QED) is 0.647. The van der Waals surface area contributed by atoms with Gasteiger partial charge in [-0.15, -0.1) is 0 Å². The van der Waals surface area contributed by atoms with Crippen molar-refractivity contribution in [2.24, 2.45) is 0 Å². The Kier molecular flexibility index (Phi) is 2.70. The van der Waals surface area contributed by atoms with Crippen LogP contribution in [-0.4, -0.2) is 9.97 Å². The topological polar surface area (TPSA) is 52.5 Å². The van der Waals surface area contributed by atoms with Crippen molar-refractivity contribution in [2.75, 3.05) is 0 Å². The molecule has 1 aromatic carbocycles. The Balaban J connectivity index is 2.67. The van der Waals surface area contributed by atoms with Gasteiger partial charge < -0.3 is 4.98 Å². The second-order valence-corrected chi connectivity index (χ2v) is 5.36. The van der Waals surface area contributed by atoms with E-state index in [1.54, 1.807) is 12.3 Å². The number of nitrogens with one attached hydrogen (secondary N) is 1. The Bertz CT molecular complexity index is 833. The van der Waals surface area contributed by atoms with Crippen molar-refractivity contribution in [1.29, 1.82) is 5.26 Å². The maximum atomic E-state index is 9.23. The highest BCUT2D eigenvalue weighted by Crippen LogP contribution is 2.38. The minimum absolute atomic E-state index is 0.405. The van der Waals surface area contributed by atoms with Crippen LogP contribution in [0.2, 0.25) is 10.0 Å². The summed E-state index contributed by atoms with van der Waals surface area (Å²) in [7, 11) is 0. The second-order valence-electron chi connectivity index (χ2n) is 3.73. The molecule has 0 saturated carbocycles. The molecular formula is C12H4BrCl2N3. The first-order valence-electron chi connectivity index (χ1n) is 4.97. The highest BCUT2D eigenvalue weighted by atomic mass is 79.9. The van der Waals surface area contributed by atoms with Crippen LogP contribution in [0.4, 0.5) is 0 Å². The molecule has 0 bridgehead atoms. The Morgan fingerprint density at radius 3 is 2.78 bits per heavy atom. The average molecular weight is 341 g/mol. The number of halogens is 3. The van der Waals surface area contributed by atoms with Crippen LogP contribution in [0.3, 0.4) is 0 Å². The van der Waals surface area contributed by atoms with Crippen molar-refractivity contribution in [3.63, 3.8) is 0 Å². The average Bonchev–Trinajstić information content (AvgIpc) is 2.73. The SMILES string of the molecule is N#Cc1c(Cl)ccc2[nH]c3ncc(Br)c(Cl)c3c12. The van der Waals surface area contributed by atoms with Gasteiger partial charge in [0, 0.05) is 22.5 Å². The van der Waals surface area contributed by atoms with Crippen LogP contribution in [0.1, 0.15) is 5.56 Å². The van der Waals surface area contributed by atoms with Crippen molar-refractivity contribution in [1.82, 2.24) is 9.97 Å². The molecular weight excluding hydrogens is 337 g/mol. The van der Waals surface area contributed by atoms with Crippen molar-refractivity contribution in [3.05, 3.63) is 38.4 Å². The fourth-order valence-electron chi connectivity index (χ4n) is 1.97. The summed E-state index contributed by atoms with van der Waals surface area (Å²) in [4.78, 5) is 7.37. The molecule has 1 N–H and O–H groups in total. The molecule has 0 radical (unpaired) electrons. The lowest BCUT2D eigenvalue weighted by Crippen LogP contribution is -1.81. The molecule has 18 heavy (non-hydrogen) atoms. The van der Waals surface area contributed by atoms with E-state index < -0.39 is 0 Å². The summed E-state index contributed by atoms with van der Waals surface area (Å²) in [6, 6.07) is 5.60. The summed E-state index contributed by atoms with van der Waals surface area (Å²) in [5.41, 5.74) is 1.83. The molecule has 88 valence electrons. The minimum Gasteiger partial charge on any atom is -0.339 e. The lowest BCUT2D eigenvalue weighted by Gasteiger charge is -2.00. The van der Waals surface area contributed by atoms with Gasteiger partial charge in [-0.25, -0.2) is 4.98 Å². The number of aromatic amines is 1. The van der Waals surface area contributed by atoms with E-state index in [1.807, 2.05) is 6.07 Å². The summed E-state index contributed by atoms with van der Waals surface area (Å²) >= 11 is 15.6. The third-order valence-corrected chi connectivity index (χ3v) is 4.28. The van der Waals surface area contributed by atoms with Gasteiger partial charge in [-0.05, 0) is 28.1 Å². The van der Waals surface area contributed by atoms with Gasteiger partial charge in [0.1, 0.15) is 11.7 Å². The molecule has 0 saturated heterocycles. The molecule has 0 aliphatic heterocycles. The maximum absolute atomic E-state index is 9.23. The predicted molar refractivity (Wildman–Crippen MR) is 76.0 cm³/mol. The van der Waals surface area contributed by atoms with Crippen LogP contribution < -0.4 is 0 Å². The monoisotopic (exact) mass is 339 g/mol. The molecule has 6 heteroatoms. The molecule has 0 amide bonds. The highest BCUT2D eigenvalue weighted by molar-refractivity contribution is 9.10. The van der Waals surface area contributed by atoms with Gasteiger partial charge in [0.05, 0.1) is 20.1 Å². The smallest absolute Gasteiger partial charge is 0.139 e. The van der Waals surface area contributed by atoms with Crippen LogP contribution in [0.5, 0.6) is 0 Å². The molecule has 2 heterocycles. The lowest BCUT2D eigenvalue weighted by atomic mass is 10.1. The molecule has 0 spiro atoms. The number of H-pyrrole nitrogens is 1. The van der Waals surface area contributed by atoms with E-state index >= 15 is 0 Å².